The number of hydrogen-bond donors (Lipinski definition) is 0. The van der Waals surface area contributed by atoms with E-state index in [-0.39, 0.29) is 10.8 Å². The van der Waals surface area contributed by atoms with Crippen molar-refractivity contribution in [1.82, 2.24) is 0 Å². The van der Waals surface area contributed by atoms with Gasteiger partial charge in [0.1, 0.15) is 0 Å². The summed E-state index contributed by atoms with van der Waals surface area (Å²) in [5.41, 5.74) is 2.86. The lowest BCUT2D eigenvalue weighted by Crippen LogP contribution is -2.08. The molecule has 6 aromatic heterocycles. The molecule has 0 radical (unpaired) electrons. The van der Waals surface area contributed by atoms with Gasteiger partial charge >= 0.3 is 0 Å². The van der Waals surface area contributed by atoms with Crippen LogP contribution >= 0.6 is 68.0 Å². The van der Waals surface area contributed by atoms with Gasteiger partial charge in [-0.25, -0.2) is 0 Å². The number of fused-ring (bicyclic) bond motifs is 3. The number of ketones is 1. The number of rotatable bonds is 24. The molecule has 7 aromatic rings. The topological polar surface area (TPSA) is 26.3 Å². The van der Waals surface area contributed by atoms with Crippen molar-refractivity contribution in [3.8, 4) is 30.6 Å². The van der Waals surface area contributed by atoms with Gasteiger partial charge in [0.25, 0.3) is 0 Å². The molecule has 0 bridgehead atoms. The van der Waals surface area contributed by atoms with Crippen molar-refractivity contribution >= 4 is 104 Å². The summed E-state index contributed by atoms with van der Waals surface area (Å²) in [6.07, 6.45) is 18.7. The molecular weight excluding hydrogens is 909 g/mol. The molecule has 8 heteroatoms. The first-order chi connectivity index (χ1) is 31.2. The first kappa shape index (κ1) is 50.7. The summed E-state index contributed by atoms with van der Waals surface area (Å²) >= 11 is 11.8. The lowest BCUT2D eigenvalue weighted by Gasteiger charge is -2.16. The molecule has 0 spiro atoms. The smallest absolute Gasteiger partial charge is 0.172 e. The second-order valence-electron chi connectivity index (χ2n) is 20.8. The molecule has 352 valence electrons. The van der Waals surface area contributed by atoms with Gasteiger partial charge in [-0.2, -0.15) is 0 Å². The molecule has 1 aromatic carbocycles. The zero-order valence-corrected chi connectivity index (χ0v) is 46.4. The highest BCUT2D eigenvalue weighted by atomic mass is 32.1. The van der Waals surface area contributed by atoms with Crippen LogP contribution in [-0.2, 0) is 28.4 Å². The number of benzene rings is 1. The van der Waals surface area contributed by atoms with Crippen LogP contribution in [0.1, 0.15) is 188 Å². The van der Waals surface area contributed by atoms with Gasteiger partial charge in [0.05, 0.1) is 14.5 Å². The van der Waals surface area contributed by atoms with E-state index in [0.717, 1.165) is 49.0 Å². The summed E-state index contributed by atoms with van der Waals surface area (Å²) in [6, 6.07) is 17.2. The van der Waals surface area contributed by atoms with Crippen LogP contribution in [0, 0.1) is 11.8 Å². The second kappa shape index (κ2) is 22.5. The van der Waals surface area contributed by atoms with Crippen molar-refractivity contribution in [1.29, 1.82) is 0 Å². The normalized spacial score (nSPS) is 13.6. The molecule has 0 aliphatic heterocycles. The molecule has 0 aliphatic rings. The minimum atomic E-state index is -0.0363. The van der Waals surface area contributed by atoms with E-state index in [9.17, 15) is 4.79 Å². The molecule has 2 unspecified atom stereocenters. The molecular formula is C57H76O2S6. The lowest BCUT2D eigenvalue weighted by molar-refractivity contribution is 0.0983. The Balaban J connectivity index is 1.40. The predicted molar refractivity (Wildman–Crippen MR) is 298 cm³/mol. The van der Waals surface area contributed by atoms with Crippen LogP contribution in [0.25, 0.3) is 60.9 Å². The number of unbranched alkanes of at least 4 members (excludes halogenated alkanes) is 6. The summed E-state index contributed by atoms with van der Waals surface area (Å²) in [4.78, 5) is 26.2. The van der Waals surface area contributed by atoms with Crippen LogP contribution in [-0.4, -0.2) is 19.5 Å². The van der Waals surface area contributed by atoms with Crippen LogP contribution in [0.3, 0.4) is 0 Å². The largest absolute Gasteiger partial charge is 0.385 e. The van der Waals surface area contributed by atoms with E-state index in [1.807, 2.05) is 56.7 Å². The molecule has 6 heterocycles. The van der Waals surface area contributed by atoms with E-state index in [1.54, 1.807) is 18.4 Å². The highest BCUT2D eigenvalue weighted by molar-refractivity contribution is 7.32. The number of carbonyl (C=O) groups is 1. The van der Waals surface area contributed by atoms with E-state index in [2.05, 4.69) is 112 Å². The standard InChI is InChI=1S/C57H76O2S6/c1-12-16-23-36(14-3)31-38-26-28-44(60-38)49-40-33-47(54-53-42(55(65-54)57(8,9)10)34-46(62-53)43(58)25-21-19-18-20-22-30-59-11)63-51(40)50(41-35-48(56(5,6)7)64-52(41)49)45-29-27-39(61-45)32-37(15-4)24-17-13-2/h26-29,33-37H,12-25,30-32H2,1-11H3. The van der Waals surface area contributed by atoms with E-state index in [0.29, 0.717) is 12.2 Å². The number of ether oxygens (including phenoxy) is 1. The highest BCUT2D eigenvalue weighted by Crippen LogP contribution is 2.56. The van der Waals surface area contributed by atoms with E-state index < -0.39 is 0 Å². The fraction of sp³-hybridized carbons (Fsp3) is 0.561. The molecule has 0 aliphatic carbocycles. The van der Waals surface area contributed by atoms with Gasteiger partial charge in [-0.1, -0.05) is 140 Å². The maximum Gasteiger partial charge on any atom is 0.172 e. The fourth-order valence-corrected chi connectivity index (χ4v) is 17.3. The van der Waals surface area contributed by atoms with Crippen LogP contribution in [0.15, 0.2) is 42.5 Å². The average molecular weight is 986 g/mol. The van der Waals surface area contributed by atoms with Crippen molar-refractivity contribution in [3.63, 3.8) is 0 Å². The fourth-order valence-electron chi connectivity index (χ4n) is 9.41. The molecule has 2 atom stereocenters. The van der Waals surface area contributed by atoms with Gasteiger partial charge < -0.3 is 4.74 Å². The van der Waals surface area contributed by atoms with Gasteiger partial charge in [0, 0.05) is 91.0 Å². The molecule has 0 saturated heterocycles. The minimum absolute atomic E-state index is 0.0363. The van der Waals surface area contributed by atoms with Gasteiger partial charge in [0.2, 0.25) is 0 Å². The molecule has 2 nitrogen and oxygen atoms in total. The zero-order chi connectivity index (χ0) is 46.5. The van der Waals surface area contributed by atoms with E-state index >= 15 is 0 Å². The van der Waals surface area contributed by atoms with Gasteiger partial charge in [-0.15, -0.1) is 68.0 Å². The maximum absolute atomic E-state index is 13.9. The van der Waals surface area contributed by atoms with E-state index in [4.69, 9.17) is 4.74 Å². The third-order valence-corrected chi connectivity index (χ3v) is 21.5. The van der Waals surface area contributed by atoms with Crippen molar-refractivity contribution in [2.75, 3.05) is 13.7 Å². The Bertz CT molecular complexity index is 2530. The number of hydrogen-bond acceptors (Lipinski definition) is 8. The molecule has 7 rings (SSSR count). The quantitative estimate of drug-likeness (QED) is 0.0445. The Hall–Kier alpha value is -2.17. The number of carbonyl (C=O) groups excluding carboxylic acids is 1. The average Bonchev–Trinajstić information content (AvgIpc) is 4.13. The van der Waals surface area contributed by atoms with Crippen molar-refractivity contribution in [2.24, 2.45) is 11.8 Å². The Morgan fingerprint density at radius 1 is 0.569 bits per heavy atom. The molecule has 0 fully saturated rings. The minimum Gasteiger partial charge on any atom is -0.385 e. The number of methoxy groups -OCH3 is 1. The van der Waals surface area contributed by atoms with Crippen molar-refractivity contribution in [2.45, 2.75) is 183 Å². The Labute approximate surface area is 416 Å². The number of thiophene rings is 6. The van der Waals surface area contributed by atoms with E-state index in [1.165, 1.54) is 151 Å². The third kappa shape index (κ3) is 11.8. The Kier molecular flexibility index (Phi) is 17.6. The maximum atomic E-state index is 13.9. The number of Topliss-reactive ketones (excluding diaryl/α,β-unsaturated/α-hetero) is 1. The Morgan fingerprint density at radius 2 is 1.14 bits per heavy atom. The third-order valence-electron chi connectivity index (χ3n) is 13.4. The monoisotopic (exact) mass is 984 g/mol. The Morgan fingerprint density at radius 3 is 1.69 bits per heavy atom. The van der Waals surface area contributed by atoms with Gasteiger partial charge in [0.15, 0.2) is 5.78 Å². The SMILES string of the molecule is CCCCC(CC)Cc1ccc(-c2c3cc(C(C)(C)C)sc3c(-c3ccc(CC(CC)CCCC)s3)c3cc(-c4sc(C(C)(C)C)c5cc(C(=O)CCCCCCCOC)sc45)sc23)s1. The van der Waals surface area contributed by atoms with Gasteiger partial charge in [-0.3, -0.25) is 4.79 Å². The molecule has 0 saturated carbocycles. The first-order valence-corrected chi connectivity index (χ1v) is 29.9. The zero-order valence-electron chi connectivity index (χ0n) is 41.5. The van der Waals surface area contributed by atoms with Gasteiger partial charge in [-0.05, 0) is 90.8 Å². The summed E-state index contributed by atoms with van der Waals surface area (Å²) in [7, 11) is 1.77. The lowest BCUT2D eigenvalue weighted by atomic mass is 9.92. The van der Waals surface area contributed by atoms with Crippen LogP contribution < -0.4 is 0 Å². The predicted octanol–water partition coefficient (Wildman–Crippen LogP) is 20.8. The highest BCUT2D eigenvalue weighted by Gasteiger charge is 2.30. The summed E-state index contributed by atoms with van der Waals surface area (Å²) in [5, 5.41) is 4.09. The molecule has 0 amide bonds. The molecule has 0 N–H and O–H groups in total. The first-order valence-electron chi connectivity index (χ1n) is 25.0. The van der Waals surface area contributed by atoms with Crippen LogP contribution in [0.2, 0.25) is 0 Å². The van der Waals surface area contributed by atoms with Crippen molar-refractivity contribution in [3.05, 3.63) is 66.9 Å². The summed E-state index contributed by atoms with van der Waals surface area (Å²) in [5.74, 6) is 1.77. The second-order valence-corrected chi connectivity index (χ2v) is 27.3. The molecule has 65 heavy (non-hydrogen) atoms. The summed E-state index contributed by atoms with van der Waals surface area (Å²) in [6.45, 7) is 24.4. The van der Waals surface area contributed by atoms with Crippen molar-refractivity contribution < 1.29 is 9.53 Å². The van der Waals surface area contributed by atoms with Crippen LogP contribution in [0.4, 0.5) is 0 Å². The van der Waals surface area contributed by atoms with Crippen LogP contribution in [0.5, 0.6) is 0 Å². The summed E-state index contributed by atoms with van der Waals surface area (Å²) < 4.78 is 9.38.